The number of benzene rings is 2. The summed E-state index contributed by atoms with van der Waals surface area (Å²) in [7, 11) is 0. The Bertz CT molecular complexity index is 860. The molecular weight excluding hydrogens is 332 g/mol. The lowest BCUT2D eigenvalue weighted by molar-refractivity contribution is -0.153. The van der Waals surface area contributed by atoms with Crippen LogP contribution in [0.1, 0.15) is 41.3 Å². The van der Waals surface area contributed by atoms with Crippen LogP contribution in [0.5, 0.6) is 0 Å². The average molecular weight is 352 g/mol. The highest BCUT2D eigenvalue weighted by molar-refractivity contribution is 6.09. The highest BCUT2D eigenvalue weighted by Crippen LogP contribution is 2.30. The third kappa shape index (κ3) is 3.31. The van der Waals surface area contributed by atoms with Gasteiger partial charge in [0.1, 0.15) is 0 Å². The van der Waals surface area contributed by atoms with E-state index in [9.17, 15) is 14.4 Å². The predicted octanol–water partition coefficient (Wildman–Crippen LogP) is 2.37. The Kier molecular flexibility index (Phi) is 4.75. The molecule has 0 spiro atoms. The summed E-state index contributed by atoms with van der Waals surface area (Å²) < 4.78 is 5.04. The number of carbonyl (C=O) groups excluding carboxylic acids is 3. The van der Waals surface area contributed by atoms with E-state index >= 15 is 0 Å². The number of primary amides is 1. The number of hydrogen-bond donors (Lipinski definition) is 1. The fourth-order valence-corrected chi connectivity index (χ4v) is 3.18. The molecule has 26 heavy (non-hydrogen) atoms. The van der Waals surface area contributed by atoms with Crippen LogP contribution in [-0.4, -0.2) is 23.9 Å². The number of nitrogens with zero attached hydrogens (tertiary/aromatic N) is 1. The second-order valence-electron chi connectivity index (χ2n) is 6.36. The van der Waals surface area contributed by atoms with Crippen molar-refractivity contribution in [2.75, 3.05) is 4.90 Å². The van der Waals surface area contributed by atoms with E-state index < -0.39 is 23.9 Å². The van der Waals surface area contributed by atoms with E-state index in [2.05, 4.69) is 0 Å². The van der Waals surface area contributed by atoms with Crippen LogP contribution in [0.3, 0.4) is 0 Å². The van der Waals surface area contributed by atoms with Crippen LogP contribution in [0.4, 0.5) is 5.69 Å². The molecule has 0 saturated carbocycles. The number of ether oxygens (including phenoxy) is 1. The molecule has 0 bridgehead atoms. The van der Waals surface area contributed by atoms with Crippen molar-refractivity contribution in [1.29, 1.82) is 0 Å². The van der Waals surface area contributed by atoms with Crippen molar-refractivity contribution in [2.24, 2.45) is 5.73 Å². The molecule has 2 N–H and O–H groups in total. The lowest BCUT2D eigenvalue weighted by Crippen LogP contribution is -2.36. The van der Waals surface area contributed by atoms with Gasteiger partial charge in [-0.25, -0.2) is 0 Å². The van der Waals surface area contributed by atoms with Gasteiger partial charge in [-0.3, -0.25) is 14.4 Å². The zero-order valence-corrected chi connectivity index (χ0v) is 14.6. The first-order chi connectivity index (χ1) is 12.4. The summed E-state index contributed by atoms with van der Waals surface area (Å²) in [6, 6.07) is 14.8. The number of rotatable bonds is 5. The summed E-state index contributed by atoms with van der Waals surface area (Å²) in [5.41, 5.74) is 8.63. The van der Waals surface area contributed by atoms with Crippen LogP contribution in [0.15, 0.2) is 48.5 Å². The van der Waals surface area contributed by atoms with Crippen molar-refractivity contribution < 1.29 is 19.1 Å². The number of esters is 1. The molecule has 134 valence electrons. The maximum Gasteiger partial charge on any atom is 0.303 e. The highest BCUT2D eigenvalue weighted by atomic mass is 16.5. The van der Waals surface area contributed by atoms with Gasteiger partial charge in [-0.1, -0.05) is 37.3 Å². The fourth-order valence-electron chi connectivity index (χ4n) is 3.18. The van der Waals surface area contributed by atoms with Gasteiger partial charge in [-0.05, 0) is 29.3 Å². The van der Waals surface area contributed by atoms with Gasteiger partial charge in [0.15, 0.2) is 6.10 Å². The molecule has 2 aromatic rings. The smallest absolute Gasteiger partial charge is 0.303 e. The van der Waals surface area contributed by atoms with Gasteiger partial charge in [0.2, 0.25) is 0 Å². The van der Waals surface area contributed by atoms with Crippen molar-refractivity contribution in [3.8, 4) is 0 Å². The van der Waals surface area contributed by atoms with E-state index in [1.165, 1.54) is 6.92 Å². The van der Waals surface area contributed by atoms with Crippen LogP contribution in [0, 0.1) is 0 Å². The summed E-state index contributed by atoms with van der Waals surface area (Å²) in [6.45, 7) is 3.54. The minimum absolute atomic E-state index is 0.0312. The minimum Gasteiger partial charge on any atom is -0.452 e. The number of hydrogen-bond acceptors (Lipinski definition) is 4. The molecule has 0 radical (unpaired) electrons. The lowest BCUT2D eigenvalue weighted by atomic mass is 9.94. The molecule has 0 fully saturated rings. The highest BCUT2D eigenvalue weighted by Gasteiger charge is 2.29. The van der Waals surface area contributed by atoms with Crippen molar-refractivity contribution in [3.63, 3.8) is 0 Å². The molecule has 3 rings (SSSR count). The minimum atomic E-state index is -1.03. The summed E-state index contributed by atoms with van der Waals surface area (Å²) in [5, 5.41) is 0. The number of amides is 2. The summed E-state index contributed by atoms with van der Waals surface area (Å²) in [5.74, 6) is -1.67. The van der Waals surface area contributed by atoms with Crippen LogP contribution in [0.2, 0.25) is 0 Å². The Morgan fingerprint density at radius 1 is 1.12 bits per heavy atom. The van der Waals surface area contributed by atoms with E-state index in [1.54, 1.807) is 11.8 Å². The molecular formula is C20H20N2O4. The molecule has 0 aliphatic carbocycles. The van der Waals surface area contributed by atoms with Gasteiger partial charge < -0.3 is 15.4 Å². The molecule has 1 aliphatic heterocycles. The SMILES string of the molecule is CC(=O)OC(C(N)=O)C(C)c1ccc(N2Cc3ccccc3C2=O)cc1. The van der Waals surface area contributed by atoms with Crippen LogP contribution >= 0.6 is 0 Å². The number of anilines is 1. The quantitative estimate of drug-likeness (QED) is 0.837. The molecule has 1 heterocycles. The lowest BCUT2D eigenvalue weighted by Gasteiger charge is -2.22. The van der Waals surface area contributed by atoms with Gasteiger partial charge in [0.05, 0.1) is 6.54 Å². The Morgan fingerprint density at radius 3 is 2.35 bits per heavy atom. The molecule has 0 saturated heterocycles. The van der Waals surface area contributed by atoms with E-state index in [1.807, 2.05) is 48.5 Å². The van der Waals surface area contributed by atoms with Gasteiger partial charge in [0, 0.05) is 24.1 Å². The monoisotopic (exact) mass is 352 g/mol. The largest absolute Gasteiger partial charge is 0.452 e. The number of fused-ring (bicyclic) bond motifs is 1. The zero-order valence-electron chi connectivity index (χ0n) is 14.6. The predicted molar refractivity (Wildman–Crippen MR) is 96.6 cm³/mol. The molecule has 2 atom stereocenters. The van der Waals surface area contributed by atoms with E-state index in [4.69, 9.17) is 10.5 Å². The fraction of sp³-hybridized carbons (Fsp3) is 0.250. The van der Waals surface area contributed by atoms with Crippen molar-refractivity contribution >= 4 is 23.5 Å². The second-order valence-corrected chi connectivity index (χ2v) is 6.36. The third-order valence-corrected chi connectivity index (χ3v) is 4.58. The van der Waals surface area contributed by atoms with Crippen molar-refractivity contribution in [3.05, 3.63) is 65.2 Å². The van der Waals surface area contributed by atoms with Crippen molar-refractivity contribution in [1.82, 2.24) is 0 Å². The third-order valence-electron chi connectivity index (χ3n) is 4.58. The maximum absolute atomic E-state index is 12.5. The van der Waals surface area contributed by atoms with Gasteiger partial charge in [0.25, 0.3) is 11.8 Å². The standard InChI is InChI=1S/C20H20N2O4/c1-12(18(19(21)24)26-13(2)23)14-7-9-16(10-8-14)22-11-15-5-3-4-6-17(15)20(22)25/h3-10,12,18H,11H2,1-2H3,(H2,21,24). The summed E-state index contributed by atoms with van der Waals surface area (Å²) >= 11 is 0. The van der Waals surface area contributed by atoms with Gasteiger partial charge >= 0.3 is 5.97 Å². The molecule has 0 aromatic heterocycles. The normalized spacial score (nSPS) is 15.3. The summed E-state index contributed by atoms with van der Waals surface area (Å²) in [6.07, 6.45) is -1.03. The molecule has 2 amide bonds. The number of carbonyl (C=O) groups is 3. The summed E-state index contributed by atoms with van der Waals surface area (Å²) in [4.78, 5) is 37.0. The molecule has 1 aliphatic rings. The topological polar surface area (TPSA) is 89.7 Å². The zero-order chi connectivity index (χ0) is 18.8. The van der Waals surface area contributed by atoms with E-state index in [0.29, 0.717) is 12.1 Å². The first-order valence-electron chi connectivity index (χ1n) is 8.34. The first kappa shape index (κ1) is 17.7. The number of nitrogens with two attached hydrogens (primary N) is 1. The molecule has 2 unspecified atom stereocenters. The Labute approximate surface area is 151 Å². The van der Waals surface area contributed by atoms with Gasteiger partial charge in [-0.2, -0.15) is 0 Å². The van der Waals surface area contributed by atoms with Crippen molar-refractivity contribution in [2.45, 2.75) is 32.4 Å². The van der Waals surface area contributed by atoms with Gasteiger partial charge in [-0.15, -0.1) is 0 Å². The van der Waals surface area contributed by atoms with Crippen LogP contribution in [0.25, 0.3) is 0 Å². The van der Waals surface area contributed by atoms with E-state index in [-0.39, 0.29) is 5.91 Å². The van der Waals surface area contributed by atoms with Crippen LogP contribution in [-0.2, 0) is 20.9 Å². The molecule has 6 nitrogen and oxygen atoms in total. The molecule has 6 heteroatoms. The van der Waals surface area contributed by atoms with E-state index in [0.717, 1.165) is 16.8 Å². The maximum atomic E-state index is 12.5. The second kappa shape index (κ2) is 7.00. The first-order valence-corrected chi connectivity index (χ1v) is 8.34. The Balaban J connectivity index is 1.80. The molecule has 2 aromatic carbocycles. The average Bonchev–Trinajstić information content (AvgIpc) is 2.96. The Hall–Kier alpha value is -3.15. The van der Waals surface area contributed by atoms with Crippen LogP contribution < -0.4 is 10.6 Å². The Morgan fingerprint density at radius 2 is 1.77 bits per heavy atom.